The number of carbonyl (C=O) groups excluding carboxylic acids is 3. The first kappa shape index (κ1) is 12.1. The van der Waals surface area contributed by atoms with Gasteiger partial charge in [0.1, 0.15) is 0 Å². The SMILES string of the molecule is NC(=O)[C@@]12C(=O)NC(=O)[C@]1(C(=O)O)C21CCCCC1. The standard InChI is InChI=1S/C12H14N2O5/c13-6(15)11-7(16)14-8(17)12(11,9(18)19)10(11)4-2-1-3-5-10/h1-5H2,(H2,13,15)(H,18,19)(H,14,16,17)/t11-,12-/m0/s1. The third kappa shape index (κ3) is 0.854. The van der Waals surface area contributed by atoms with Gasteiger partial charge in [-0.25, -0.2) is 0 Å². The summed E-state index contributed by atoms with van der Waals surface area (Å²) in [6, 6.07) is 0. The van der Waals surface area contributed by atoms with Crippen molar-refractivity contribution < 1.29 is 24.3 Å². The third-order valence-corrected chi connectivity index (χ3v) is 5.24. The van der Waals surface area contributed by atoms with E-state index in [2.05, 4.69) is 0 Å². The van der Waals surface area contributed by atoms with Crippen LogP contribution in [0.25, 0.3) is 0 Å². The summed E-state index contributed by atoms with van der Waals surface area (Å²) >= 11 is 0. The zero-order valence-electron chi connectivity index (χ0n) is 10.2. The zero-order valence-corrected chi connectivity index (χ0v) is 10.2. The van der Waals surface area contributed by atoms with E-state index in [1.54, 1.807) is 0 Å². The third-order valence-electron chi connectivity index (χ3n) is 5.24. The number of rotatable bonds is 2. The molecule has 2 aliphatic carbocycles. The number of carboxylic acids is 1. The lowest BCUT2D eigenvalue weighted by Gasteiger charge is -2.28. The number of aliphatic carboxylic acids is 1. The summed E-state index contributed by atoms with van der Waals surface area (Å²) in [5, 5.41) is 11.5. The van der Waals surface area contributed by atoms with E-state index in [9.17, 15) is 24.3 Å². The summed E-state index contributed by atoms with van der Waals surface area (Å²) in [4.78, 5) is 47.7. The maximum atomic E-state index is 12.1. The summed E-state index contributed by atoms with van der Waals surface area (Å²) in [5.41, 5.74) is 0.355. The molecule has 2 saturated carbocycles. The predicted octanol–water partition coefficient (Wildman–Crippen LogP) is -0.850. The van der Waals surface area contributed by atoms with Gasteiger partial charge in [-0.05, 0) is 12.8 Å². The molecule has 102 valence electrons. The van der Waals surface area contributed by atoms with Crippen LogP contribution in [0.3, 0.4) is 0 Å². The average molecular weight is 266 g/mol. The summed E-state index contributed by atoms with van der Waals surface area (Å²) in [6.45, 7) is 0. The number of nitrogens with one attached hydrogen (secondary N) is 1. The second-order valence-corrected chi connectivity index (χ2v) is 5.60. The minimum Gasteiger partial charge on any atom is -0.480 e. The van der Waals surface area contributed by atoms with E-state index < -0.39 is 39.9 Å². The quantitative estimate of drug-likeness (QED) is 0.443. The van der Waals surface area contributed by atoms with Crippen molar-refractivity contribution in [3.05, 3.63) is 0 Å². The number of hydrogen-bond donors (Lipinski definition) is 3. The molecule has 0 aromatic carbocycles. The van der Waals surface area contributed by atoms with Gasteiger partial charge in [0, 0.05) is 5.41 Å². The second-order valence-electron chi connectivity index (χ2n) is 5.60. The number of amides is 3. The van der Waals surface area contributed by atoms with Crippen molar-refractivity contribution >= 4 is 23.7 Å². The molecule has 0 aromatic heterocycles. The van der Waals surface area contributed by atoms with E-state index in [1.165, 1.54) is 0 Å². The Labute approximate surface area is 108 Å². The molecule has 3 rings (SSSR count). The van der Waals surface area contributed by atoms with Crippen LogP contribution in [-0.4, -0.2) is 28.8 Å². The van der Waals surface area contributed by atoms with Crippen molar-refractivity contribution in [2.24, 2.45) is 22.0 Å². The topological polar surface area (TPSA) is 127 Å². The van der Waals surface area contributed by atoms with Crippen LogP contribution in [0.1, 0.15) is 32.1 Å². The molecular weight excluding hydrogens is 252 g/mol. The molecule has 2 atom stereocenters. The number of hydrogen-bond acceptors (Lipinski definition) is 4. The van der Waals surface area contributed by atoms with Gasteiger partial charge in [-0.1, -0.05) is 19.3 Å². The Balaban J connectivity index is 2.26. The number of nitrogens with two attached hydrogens (primary N) is 1. The number of piperidine rings is 1. The van der Waals surface area contributed by atoms with Crippen molar-refractivity contribution in [2.45, 2.75) is 32.1 Å². The molecule has 19 heavy (non-hydrogen) atoms. The summed E-state index contributed by atoms with van der Waals surface area (Å²) in [6.07, 6.45) is 3.06. The van der Waals surface area contributed by atoms with Crippen LogP contribution < -0.4 is 11.1 Å². The minimum absolute atomic E-state index is 0.376. The predicted molar refractivity (Wildman–Crippen MR) is 60.4 cm³/mol. The number of fused-ring (bicyclic) bond motifs is 3. The van der Waals surface area contributed by atoms with Crippen molar-refractivity contribution in [1.29, 1.82) is 0 Å². The molecule has 7 heteroatoms. The van der Waals surface area contributed by atoms with Gasteiger partial charge in [0.15, 0.2) is 10.8 Å². The average Bonchev–Trinajstić information content (AvgIpc) is 2.76. The largest absolute Gasteiger partial charge is 0.480 e. The monoisotopic (exact) mass is 266 g/mol. The van der Waals surface area contributed by atoms with Crippen molar-refractivity contribution in [2.75, 3.05) is 0 Å². The van der Waals surface area contributed by atoms with Gasteiger partial charge in [-0.3, -0.25) is 24.5 Å². The van der Waals surface area contributed by atoms with Gasteiger partial charge >= 0.3 is 5.97 Å². The van der Waals surface area contributed by atoms with Crippen LogP contribution in [0.4, 0.5) is 0 Å². The van der Waals surface area contributed by atoms with E-state index >= 15 is 0 Å². The normalized spacial score (nSPS) is 38.7. The first-order chi connectivity index (χ1) is 8.89. The molecule has 3 aliphatic rings. The van der Waals surface area contributed by atoms with Gasteiger partial charge in [-0.15, -0.1) is 0 Å². The first-order valence-corrected chi connectivity index (χ1v) is 6.29. The Morgan fingerprint density at radius 2 is 1.58 bits per heavy atom. The molecule has 1 spiro atoms. The Kier molecular flexibility index (Phi) is 2.01. The smallest absolute Gasteiger partial charge is 0.321 e. The van der Waals surface area contributed by atoms with E-state index in [-0.39, 0.29) is 0 Å². The van der Waals surface area contributed by atoms with Crippen molar-refractivity contribution in [3.8, 4) is 0 Å². The van der Waals surface area contributed by atoms with Crippen LogP contribution in [0.15, 0.2) is 0 Å². The highest BCUT2D eigenvalue weighted by molar-refractivity contribution is 6.33. The molecule has 0 aromatic rings. The fourth-order valence-corrected chi connectivity index (χ4v) is 4.66. The van der Waals surface area contributed by atoms with Gasteiger partial charge in [0.05, 0.1) is 0 Å². The van der Waals surface area contributed by atoms with Crippen LogP contribution in [0.5, 0.6) is 0 Å². The van der Waals surface area contributed by atoms with Gasteiger partial charge in [0.2, 0.25) is 17.7 Å². The van der Waals surface area contributed by atoms with Crippen LogP contribution in [0.2, 0.25) is 0 Å². The van der Waals surface area contributed by atoms with Gasteiger partial charge in [-0.2, -0.15) is 0 Å². The summed E-state index contributed by atoms with van der Waals surface area (Å²) in [5.74, 6) is -4.14. The Bertz CT molecular complexity index is 496. The molecule has 1 heterocycles. The van der Waals surface area contributed by atoms with Crippen molar-refractivity contribution in [1.82, 2.24) is 5.32 Å². The highest BCUT2D eigenvalue weighted by atomic mass is 16.4. The molecule has 7 nitrogen and oxygen atoms in total. The number of imide groups is 1. The van der Waals surface area contributed by atoms with Gasteiger partial charge in [0.25, 0.3) is 0 Å². The lowest BCUT2D eigenvalue weighted by atomic mass is 9.76. The van der Waals surface area contributed by atoms with E-state index in [0.717, 1.165) is 6.42 Å². The zero-order chi connectivity index (χ0) is 14.1. The van der Waals surface area contributed by atoms with E-state index in [4.69, 9.17) is 5.73 Å². The van der Waals surface area contributed by atoms with Crippen molar-refractivity contribution in [3.63, 3.8) is 0 Å². The molecule has 3 fully saturated rings. The molecule has 1 aliphatic heterocycles. The van der Waals surface area contributed by atoms with Crippen LogP contribution >= 0.6 is 0 Å². The molecule has 0 radical (unpaired) electrons. The summed E-state index contributed by atoms with van der Waals surface area (Å²) < 4.78 is 0. The summed E-state index contributed by atoms with van der Waals surface area (Å²) in [7, 11) is 0. The number of primary amides is 1. The molecular formula is C12H14N2O5. The molecule has 4 N–H and O–H groups in total. The number of carboxylic acid groups (broad SMARTS) is 1. The van der Waals surface area contributed by atoms with E-state index in [0.29, 0.717) is 25.7 Å². The maximum absolute atomic E-state index is 12.1. The molecule has 0 bridgehead atoms. The highest BCUT2D eigenvalue weighted by Crippen LogP contribution is 2.84. The lowest BCUT2D eigenvalue weighted by Crippen LogP contribution is -2.43. The fourth-order valence-electron chi connectivity index (χ4n) is 4.66. The first-order valence-electron chi connectivity index (χ1n) is 6.29. The lowest BCUT2D eigenvalue weighted by molar-refractivity contribution is -0.152. The Hall–Kier alpha value is -1.92. The van der Waals surface area contributed by atoms with Gasteiger partial charge < -0.3 is 10.8 Å². The van der Waals surface area contributed by atoms with Crippen LogP contribution in [-0.2, 0) is 19.2 Å². The highest BCUT2D eigenvalue weighted by Gasteiger charge is 3.01. The fraction of sp³-hybridized carbons (Fsp3) is 0.667. The Morgan fingerprint density at radius 3 is 2.00 bits per heavy atom. The Morgan fingerprint density at radius 1 is 1.05 bits per heavy atom. The van der Waals surface area contributed by atoms with Crippen LogP contribution in [0, 0.1) is 16.2 Å². The number of carbonyl (C=O) groups is 4. The maximum Gasteiger partial charge on any atom is 0.321 e. The molecule has 0 unspecified atom stereocenters. The van der Waals surface area contributed by atoms with E-state index in [1.807, 2.05) is 5.32 Å². The second kappa shape index (κ2) is 3.15. The molecule has 3 amide bonds. The minimum atomic E-state index is -1.98. The molecule has 1 saturated heterocycles.